The van der Waals surface area contributed by atoms with Gasteiger partial charge in [-0.25, -0.2) is 4.98 Å². The molecular formula is C29H31N3O5. The van der Waals surface area contributed by atoms with Crippen LogP contribution in [0.2, 0.25) is 0 Å². The highest BCUT2D eigenvalue weighted by atomic mass is 16.6. The maximum absolute atomic E-state index is 13.5. The van der Waals surface area contributed by atoms with E-state index in [1.165, 1.54) is 6.07 Å². The van der Waals surface area contributed by atoms with Crippen molar-refractivity contribution in [2.75, 3.05) is 7.11 Å². The Labute approximate surface area is 215 Å². The summed E-state index contributed by atoms with van der Waals surface area (Å²) in [7, 11) is 1.63. The number of rotatable bonds is 8. The van der Waals surface area contributed by atoms with Crippen molar-refractivity contribution in [3.8, 4) is 17.3 Å². The van der Waals surface area contributed by atoms with E-state index >= 15 is 0 Å². The summed E-state index contributed by atoms with van der Waals surface area (Å²) in [6.45, 7) is 0. The lowest BCUT2D eigenvalue weighted by molar-refractivity contribution is -0.185. The lowest BCUT2D eigenvalue weighted by atomic mass is 9.73. The van der Waals surface area contributed by atoms with Crippen LogP contribution in [-0.4, -0.2) is 39.4 Å². The van der Waals surface area contributed by atoms with Gasteiger partial charge in [-0.1, -0.05) is 31.0 Å². The van der Waals surface area contributed by atoms with Gasteiger partial charge in [-0.3, -0.25) is 19.4 Å². The number of nitrogens with zero attached hydrogens (tertiary/aromatic N) is 2. The van der Waals surface area contributed by atoms with Gasteiger partial charge in [-0.2, -0.15) is 0 Å². The van der Waals surface area contributed by atoms with E-state index in [1.807, 2.05) is 24.3 Å². The molecule has 8 heteroatoms. The van der Waals surface area contributed by atoms with Crippen molar-refractivity contribution in [1.29, 1.82) is 0 Å². The average Bonchev–Trinajstić information content (AvgIpc) is 3.46. The fraction of sp³-hybridized carbons (Fsp3) is 0.414. The smallest absolute Gasteiger partial charge is 0.317 e. The third-order valence-corrected chi connectivity index (χ3v) is 7.66. The van der Waals surface area contributed by atoms with Crippen LogP contribution >= 0.6 is 0 Å². The molecule has 0 amide bonds. The molecule has 2 atom stereocenters. The molecule has 5 rings (SSSR count). The minimum Gasteiger partial charge on any atom is -0.497 e. The number of nitrogens with one attached hydrogen (secondary N) is 1. The number of ether oxygens (including phenoxy) is 2. The molecule has 2 fully saturated rings. The summed E-state index contributed by atoms with van der Waals surface area (Å²) in [6.07, 6.45) is 7.21. The maximum Gasteiger partial charge on any atom is 0.317 e. The zero-order chi connectivity index (χ0) is 25.8. The van der Waals surface area contributed by atoms with Gasteiger partial charge in [0, 0.05) is 30.8 Å². The SMILES string of the molecule is COc1ccc(CCC2(C3CCCC3)CC(=O)C(Cc3cc(=O)[nH]c(-c4ccccn4)n3)C(=O)O2)cc1. The van der Waals surface area contributed by atoms with Crippen LogP contribution in [0.15, 0.2) is 59.5 Å². The molecule has 2 aliphatic rings. The topological polar surface area (TPSA) is 111 Å². The van der Waals surface area contributed by atoms with Crippen molar-refractivity contribution >= 4 is 11.8 Å². The number of carbonyl (C=O) groups excluding carboxylic acids is 2. The second kappa shape index (κ2) is 10.7. The molecular weight excluding hydrogens is 470 g/mol. The quantitative estimate of drug-likeness (QED) is 0.366. The maximum atomic E-state index is 13.5. The van der Waals surface area contributed by atoms with E-state index < -0.39 is 17.5 Å². The lowest BCUT2D eigenvalue weighted by Gasteiger charge is -2.43. The van der Waals surface area contributed by atoms with E-state index in [4.69, 9.17) is 9.47 Å². The molecule has 1 saturated carbocycles. The number of benzene rings is 1. The number of hydrogen-bond donors (Lipinski definition) is 1. The summed E-state index contributed by atoms with van der Waals surface area (Å²) in [5.41, 5.74) is 0.839. The summed E-state index contributed by atoms with van der Waals surface area (Å²) in [5.74, 6) is -0.358. The van der Waals surface area contributed by atoms with Crippen LogP contribution in [0.1, 0.15) is 49.8 Å². The normalized spacial score (nSPS) is 22.1. The molecule has 1 aliphatic heterocycles. The zero-order valence-corrected chi connectivity index (χ0v) is 20.9. The second-order valence-corrected chi connectivity index (χ2v) is 10.0. The Hall–Kier alpha value is -3.81. The van der Waals surface area contributed by atoms with E-state index in [0.29, 0.717) is 30.1 Å². The van der Waals surface area contributed by atoms with Gasteiger partial charge in [0.05, 0.1) is 7.11 Å². The first-order chi connectivity index (χ1) is 18.0. The first kappa shape index (κ1) is 24.9. The number of cyclic esters (lactones) is 1. The molecule has 0 bridgehead atoms. The number of carbonyl (C=O) groups is 2. The van der Waals surface area contributed by atoms with Crippen LogP contribution in [0.4, 0.5) is 0 Å². The molecule has 8 nitrogen and oxygen atoms in total. The van der Waals surface area contributed by atoms with E-state index in [9.17, 15) is 14.4 Å². The van der Waals surface area contributed by atoms with Gasteiger partial charge in [-0.15, -0.1) is 0 Å². The molecule has 192 valence electrons. The molecule has 1 saturated heterocycles. The molecule has 1 N–H and O–H groups in total. The highest BCUT2D eigenvalue weighted by molar-refractivity contribution is 6.01. The number of hydrogen-bond acceptors (Lipinski definition) is 7. The third kappa shape index (κ3) is 5.48. The van der Waals surface area contributed by atoms with E-state index in [0.717, 1.165) is 37.0 Å². The first-order valence-corrected chi connectivity index (χ1v) is 12.9. The number of ketones is 1. The molecule has 2 unspecified atom stereocenters. The van der Waals surface area contributed by atoms with Gasteiger partial charge in [0.15, 0.2) is 11.6 Å². The van der Waals surface area contributed by atoms with E-state index in [2.05, 4.69) is 15.0 Å². The van der Waals surface area contributed by atoms with Crippen LogP contribution in [0.25, 0.3) is 11.5 Å². The van der Waals surface area contributed by atoms with E-state index in [-0.39, 0.29) is 30.1 Å². The van der Waals surface area contributed by atoms with Crippen molar-refractivity contribution in [3.05, 3.63) is 76.3 Å². The summed E-state index contributed by atoms with van der Waals surface area (Å²) in [6, 6.07) is 14.5. The van der Waals surface area contributed by atoms with Crippen LogP contribution in [-0.2, 0) is 27.2 Å². The minimum atomic E-state index is -0.971. The molecule has 37 heavy (non-hydrogen) atoms. The van der Waals surface area contributed by atoms with Gasteiger partial charge >= 0.3 is 5.97 Å². The summed E-state index contributed by atoms with van der Waals surface area (Å²) in [5, 5.41) is 0. The number of aromatic amines is 1. The number of H-pyrrole nitrogens is 1. The van der Waals surface area contributed by atoms with Crippen LogP contribution < -0.4 is 10.3 Å². The predicted molar refractivity (Wildman–Crippen MR) is 137 cm³/mol. The van der Waals surface area contributed by atoms with Crippen molar-refractivity contribution in [1.82, 2.24) is 15.0 Å². The largest absolute Gasteiger partial charge is 0.497 e. The monoisotopic (exact) mass is 501 g/mol. The van der Waals surface area contributed by atoms with Gasteiger partial charge < -0.3 is 14.5 Å². The Morgan fingerprint density at radius 2 is 1.86 bits per heavy atom. The molecule has 1 aromatic carbocycles. The summed E-state index contributed by atoms with van der Waals surface area (Å²) < 4.78 is 11.5. The van der Waals surface area contributed by atoms with Crippen molar-refractivity contribution in [2.45, 2.75) is 57.0 Å². The molecule has 1 aliphatic carbocycles. The predicted octanol–water partition coefficient (Wildman–Crippen LogP) is 4.08. The average molecular weight is 502 g/mol. The molecule has 3 aromatic rings. The number of aryl methyl sites for hydroxylation is 1. The Morgan fingerprint density at radius 1 is 1.08 bits per heavy atom. The molecule has 0 spiro atoms. The van der Waals surface area contributed by atoms with Gasteiger partial charge in [0.25, 0.3) is 5.56 Å². The second-order valence-electron chi connectivity index (χ2n) is 10.0. The Balaban J connectivity index is 1.34. The number of Topliss-reactive ketones (excluding diaryl/α,β-unsaturated/α-hetero) is 1. The van der Waals surface area contributed by atoms with Gasteiger partial charge in [0.2, 0.25) is 0 Å². The van der Waals surface area contributed by atoms with Crippen molar-refractivity contribution < 1.29 is 19.1 Å². The zero-order valence-electron chi connectivity index (χ0n) is 20.9. The highest BCUT2D eigenvalue weighted by Crippen LogP contribution is 2.45. The van der Waals surface area contributed by atoms with Crippen molar-refractivity contribution in [2.24, 2.45) is 11.8 Å². The fourth-order valence-corrected chi connectivity index (χ4v) is 5.67. The summed E-state index contributed by atoms with van der Waals surface area (Å²) >= 11 is 0. The Morgan fingerprint density at radius 3 is 2.54 bits per heavy atom. The van der Waals surface area contributed by atoms with Gasteiger partial charge in [-0.05, 0) is 61.4 Å². The minimum absolute atomic E-state index is 0.0284. The molecule has 0 radical (unpaired) electrons. The standard InChI is InChI=1S/C29H31N3O5/c1-36-22-11-9-19(10-12-22)13-14-29(20-6-2-3-7-20)18-25(33)23(28(35)37-29)16-21-17-26(34)32-27(31-21)24-8-4-5-15-30-24/h4-5,8-12,15,17,20,23H,2-3,6-7,13-14,16,18H2,1H3,(H,31,32,34). The number of pyridine rings is 1. The fourth-order valence-electron chi connectivity index (χ4n) is 5.67. The first-order valence-electron chi connectivity index (χ1n) is 12.9. The van der Waals surface area contributed by atoms with Gasteiger partial charge in [0.1, 0.15) is 23.0 Å². The summed E-state index contributed by atoms with van der Waals surface area (Å²) in [4.78, 5) is 50.5. The number of methoxy groups -OCH3 is 1. The number of aromatic nitrogens is 3. The Kier molecular flexibility index (Phi) is 7.17. The third-order valence-electron chi connectivity index (χ3n) is 7.66. The van der Waals surface area contributed by atoms with E-state index in [1.54, 1.807) is 31.5 Å². The van der Waals surface area contributed by atoms with Crippen LogP contribution in [0, 0.1) is 11.8 Å². The number of esters is 1. The van der Waals surface area contributed by atoms with Crippen LogP contribution in [0.3, 0.4) is 0 Å². The highest BCUT2D eigenvalue weighted by Gasteiger charge is 2.51. The Bertz CT molecular complexity index is 1300. The lowest BCUT2D eigenvalue weighted by Crippen LogP contribution is -2.52. The molecule has 2 aromatic heterocycles. The van der Waals surface area contributed by atoms with Crippen molar-refractivity contribution in [3.63, 3.8) is 0 Å². The molecule has 3 heterocycles. The van der Waals surface area contributed by atoms with Crippen LogP contribution in [0.5, 0.6) is 5.75 Å².